The summed E-state index contributed by atoms with van der Waals surface area (Å²) in [4.78, 5) is 16.3. The van der Waals surface area contributed by atoms with Crippen LogP contribution in [-0.2, 0) is 4.79 Å². The van der Waals surface area contributed by atoms with Crippen molar-refractivity contribution in [3.8, 4) is 0 Å². The summed E-state index contributed by atoms with van der Waals surface area (Å²) in [5.74, 6) is -0.157. The minimum Gasteiger partial charge on any atom is -0.347 e. The van der Waals surface area contributed by atoms with E-state index in [1.807, 2.05) is 30.4 Å². The van der Waals surface area contributed by atoms with Crippen molar-refractivity contribution in [2.24, 2.45) is 10.9 Å². The highest BCUT2D eigenvalue weighted by Gasteiger charge is 2.35. The predicted octanol–water partition coefficient (Wildman–Crippen LogP) is 0.152. The molecule has 1 aliphatic carbocycles. The maximum Gasteiger partial charge on any atom is 0.231 e. The quantitative estimate of drug-likeness (QED) is 0.604. The van der Waals surface area contributed by atoms with E-state index in [-0.39, 0.29) is 30.1 Å². The Hall–Kier alpha value is -1.68. The largest absolute Gasteiger partial charge is 0.347 e. The van der Waals surface area contributed by atoms with Gasteiger partial charge >= 0.3 is 0 Å². The normalized spacial score (nSPS) is 39.9. The lowest BCUT2D eigenvalue weighted by Crippen LogP contribution is -2.46. The van der Waals surface area contributed by atoms with E-state index in [9.17, 15) is 4.79 Å². The van der Waals surface area contributed by atoms with Gasteiger partial charge in [0.15, 0.2) is 0 Å². The Balaban J connectivity index is 1.91. The van der Waals surface area contributed by atoms with Crippen molar-refractivity contribution in [1.82, 2.24) is 10.6 Å². The van der Waals surface area contributed by atoms with Crippen LogP contribution < -0.4 is 10.6 Å². The van der Waals surface area contributed by atoms with Gasteiger partial charge in [0.05, 0.1) is 18.0 Å². The molecule has 3 rings (SSSR count). The topological polar surface area (TPSA) is 53.5 Å². The minimum atomic E-state index is -0.197. The SMILES string of the molecule is O=C1NC2C=CC=CC2NC2N=CC=CC12. The molecular weight excluding hydrogens is 202 g/mol. The monoisotopic (exact) mass is 215 g/mol. The molecule has 4 heteroatoms. The van der Waals surface area contributed by atoms with Gasteiger partial charge in [-0.15, -0.1) is 0 Å². The summed E-state index contributed by atoms with van der Waals surface area (Å²) in [5.41, 5.74) is 0. The smallest absolute Gasteiger partial charge is 0.231 e. The molecule has 4 atom stereocenters. The first-order valence-electron chi connectivity index (χ1n) is 5.46. The van der Waals surface area contributed by atoms with Gasteiger partial charge in [0.1, 0.15) is 6.17 Å². The molecule has 0 aromatic carbocycles. The second-order valence-corrected chi connectivity index (χ2v) is 4.15. The number of allylic oxidation sites excluding steroid dienone is 3. The Morgan fingerprint density at radius 3 is 2.75 bits per heavy atom. The molecule has 1 saturated heterocycles. The van der Waals surface area contributed by atoms with Crippen molar-refractivity contribution in [3.05, 3.63) is 36.5 Å². The summed E-state index contributed by atoms with van der Waals surface area (Å²) >= 11 is 0. The fraction of sp³-hybridized carbons (Fsp3) is 0.333. The zero-order valence-electron chi connectivity index (χ0n) is 8.71. The van der Waals surface area contributed by atoms with Crippen molar-refractivity contribution in [2.45, 2.75) is 18.2 Å². The molecule has 2 aliphatic heterocycles. The summed E-state index contributed by atoms with van der Waals surface area (Å²) in [6.45, 7) is 0. The first-order chi connectivity index (χ1) is 7.84. The van der Waals surface area contributed by atoms with E-state index in [2.05, 4.69) is 21.7 Å². The van der Waals surface area contributed by atoms with Crippen molar-refractivity contribution < 1.29 is 4.79 Å². The third-order valence-electron chi connectivity index (χ3n) is 3.10. The molecule has 16 heavy (non-hydrogen) atoms. The lowest BCUT2D eigenvalue weighted by atomic mass is 10.0. The lowest BCUT2D eigenvalue weighted by Gasteiger charge is -2.24. The Bertz CT molecular complexity index is 422. The molecule has 0 radical (unpaired) electrons. The lowest BCUT2D eigenvalue weighted by molar-refractivity contribution is -0.124. The van der Waals surface area contributed by atoms with Gasteiger partial charge in [0.2, 0.25) is 5.91 Å². The van der Waals surface area contributed by atoms with Crippen LogP contribution in [0.25, 0.3) is 0 Å². The number of carbonyl (C=O) groups excluding carboxylic acids is 1. The van der Waals surface area contributed by atoms with E-state index < -0.39 is 0 Å². The Morgan fingerprint density at radius 1 is 1.06 bits per heavy atom. The molecule has 0 bridgehead atoms. The number of rotatable bonds is 0. The van der Waals surface area contributed by atoms with Gasteiger partial charge in [-0.2, -0.15) is 0 Å². The van der Waals surface area contributed by atoms with Crippen molar-refractivity contribution in [3.63, 3.8) is 0 Å². The molecule has 0 aromatic heterocycles. The fourth-order valence-corrected chi connectivity index (χ4v) is 2.25. The first kappa shape index (κ1) is 9.54. The number of hydrogen-bond acceptors (Lipinski definition) is 3. The summed E-state index contributed by atoms with van der Waals surface area (Å²) in [7, 11) is 0. The average Bonchev–Trinajstić information content (AvgIpc) is 2.45. The summed E-state index contributed by atoms with van der Waals surface area (Å²) in [5, 5.41) is 6.40. The Labute approximate surface area is 93.8 Å². The molecule has 2 heterocycles. The molecule has 82 valence electrons. The van der Waals surface area contributed by atoms with E-state index in [0.717, 1.165) is 0 Å². The van der Waals surface area contributed by atoms with E-state index in [4.69, 9.17) is 0 Å². The van der Waals surface area contributed by atoms with Crippen LogP contribution in [0.5, 0.6) is 0 Å². The van der Waals surface area contributed by atoms with Gasteiger partial charge in [-0.25, -0.2) is 0 Å². The van der Waals surface area contributed by atoms with Gasteiger partial charge in [-0.05, 0) is 6.08 Å². The Kier molecular flexibility index (Phi) is 2.22. The molecule has 0 spiro atoms. The van der Waals surface area contributed by atoms with Gasteiger partial charge in [-0.3, -0.25) is 15.1 Å². The maximum absolute atomic E-state index is 12.0. The van der Waals surface area contributed by atoms with Gasteiger partial charge < -0.3 is 5.32 Å². The zero-order valence-corrected chi connectivity index (χ0v) is 8.71. The number of nitrogens with zero attached hydrogens (tertiary/aromatic N) is 1. The van der Waals surface area contributed by atoms with Crippen molar-refractivity contribution in [1.29, 1.82) is 0 Å². The molecule has 1 fully saturated rings. The third-order valence-corrected chi connectivity index (χ3v) is 3.10. The second kappa shape index (κ2) is 3.72. The summed E-state index contributed by atoms with van der Waals surface area (Å²) in [6, 6.07) is 0.166. The van der Waals surface area contributed by atoms with Crippen molar-refractivity contribution in [2.75, 3.05) is 0 Å². The van der Waals surface area contributed by atoms with Crippen LogP contribution in [0.2, 0.25) is 0 Å². The predicted molar refractivity (Wildman–Crippen MR) is 62.0 cm³/mol. The summed E-state index contributed by atoms with van der Waals surface area (Å²) in [6.07, 6.45) is 13.3. The fourth-order valence-electron chi connectivity index (χ4n) is 2.25. The number of amides is 1. The zero-order chi connectivity index (χ0) is 11.0. The number of dihydropyridines is 1. The van der Waals surface area contributed by atoms with Crippen LogP contribution in [0.4, 0.5) is 0 Å². The highest BCUT2D eigenvalue weighted by molar-refractivity contribution is 5.85. The number of carbonyl (C=O) groups is 1. The van der Waals surface area contributed by atoms with Crippen LogP contribution in [0.3, 0.4) is 0 Å². The van der Waals surface area contributed by atoms with E-state index >= 15 is 0 Å². The van der Waals surface area contributed by atoms with E-state index in [0.29, 0.717) is 0 Å². The van der Waals surface area contributed by atoms with Crippen LogP contribution in [0.1, 0.15) is 0 Å². The van der Waals surface area contributed by atoms with E-state index in [1.165, 1.54) is 0 Å². The minimum absolute atomic E-state index is 0.0340. The highest BCUT2D eigenvalue weighted by atomic mass is 16.2. The van der Waals surface area contributed by atoms with Gasteiger partial charge in [0, 0.05) is 6.21 Å². The summed E-state index contributed by atoms with van der Waals surface area (Å²) < 4.78 is 0. The third kappa shape index (κ3) is 1.51. The number of hydrogen-bond donors (Lipinski definition) is 2. The van der Waals surface area contributed by atoms with Gasteiger partial charge in [0.25, 0.3) is 0 Å². The standard InChI is InChI=1S/C12H13N3O/c16-12-8-4-3-7-13-11(8)14-9-5-1-2-6-10(9)15-12/h1-11,14H,(H,15,16). The molecule has 0 aromatic rings. The van der Waals surface area contributed by atoms with E-state index in [1.54, 1.807) is 6.21 Å². The highest BCUT2D eigenvalue weighted by Crippen LogP contribution is 2.18. The molecule has 2 N–H and O–H groups in total. The van der Waals surface area contributed by atoms with Crippen LogP contribution in [0, 0.1) is 5.92 Å². The number of nitrogens with one attached hydrogen (secondary N) is 2. The molecule has 0 saturated carbocycles. The molecule has 4 nitrogen and oxygen atoms in total. The molecule has 4 unspecified atom stereocenters. The van der Waals surface area contributed by atoms with Gasteiger partial charge in [-0.1, -0.05) is 30.4 Å². The number of aliphatic imine (C=N–C) groups is 1. The number of fused-ring (bicyclic) bond motifs is 2. The molecule has 1 amide bonds. The van der Waals surface area contributed by atoms with Crippen LogP contribution >= 0.6 is 0 Å². The first-order valence-corrected chi connectivity index (χ1v) is 5.46. The average molecular weight is 215 g/mol. The maximum atomic E-state index is 12.0. The molecular formula is C12H13N3O. The van der Waals surface area contributed by atoms with Crippen LogP contribution in [-0.4, -0.2) is 30.4 Å². The Morgan fingerprint density at radius 2 is 1.88 bits per heavy atom. The van der Waals surface area contributed by atoms with Crippen LogP contribution in [0.15, 0.2) is 41.4 Å². The molecule has 3 aliphatic rings. The second-order valence-electron chi connectivity index (χ2n) is 4.15. The van der Waals surface area contributed by atoms with Crippen molar-refractivity contribution >= 4 is 12.1 Å².